The summed E-state index contributed by atoms with van der Waals surface area (Å²) in [5.41, 5.74) is 3.03. The fourth-order valence-electron chi connectivity index (χ4n) is 3.22. The predicted molar refractivity (Wildman–Crippen MR) is 104 cm³/mol. The summed E-state index contributed by atoms with van der Waals surface area (Å²) in [6, 6.07) is -0.394. The highest BCUT2D eigenvalue weighted by Gasteiger charge is 2.30. The third-order valence-corrected chi connectivity index (χ3v) is 6.48. The molecular weight excluding hydrogens is 364 g/mol. The lowest BCUT2D eigenvalue weighted by molar-refractivity contribution is -0.122. The first kappa shape index (κ1) is 19.6. The number of nitrogens with zero attached hydrogens (tertiary/aromatic N) is 2. The maximum atomic E-state index is 12.8. The Morgan fingerprint density at radius 1 is 1.26 bits per heavy atom. The Bertz CT molecular complexity index is 842. The molecule has 3 heterocycles. The van der Waals surface area contributed by atoms with E-state index in [0.29, 0.717) is 19.6 Å². The van der Waals surface area contributed by atoms with Crippen molar-refractivity contribution >= 4 is 23.2 Å². The summed E-state index contributed by atoms with van der Waals surface area (Å²) in [5.74, 6) is -0.182. The SMILES string of the molecule is Cc1sc(C(=O)N[C@@H]2CCOC[C@@H]2NC(=O)Cc2cncn2C)c(C)c1C. The molecule has 0 spiro atoms. The van der Waals surface area contributed by atoms with Crippen LogP contribution >= 0.6 is 11.3 Å². The fraction of sp³-hybridized carbons (Fsp3) is 0.526. The molecule has 3 rings (SSSR count). The third kappa shape index (κ3) is 4.39. The number of nitrogens with one attached hydrogen (secondary N) is 2. The Balaban J connectivity index is 1.64. The van der Waals surface area contributed by atoms with Crippen molar-refractivity contribution in [1.82, 2.24) is 20.2 Å². The first-order valence-electron chi connectivity index (χ1n) is 9.06. The molecule has 0 aliphatic carbocycles. The summed E-state index contributed by atoms with van der Waals surface area (Å²) in [4.78, 5) is 31.1. The Hall–Kier alpha value is -2.19. The minimum atomic E-state index is -0.245. The van der Waals surface area contributed by atoms with Gasteiger partial charge in [0, 0.05) is 30.4 Å². The number of carbonyl (C=O) groups is 2. The Morgan fingerprint density at radius 3 is 2.67 bits per heavy atom. The van der Waals surface area contributed by atoms with Gasteiger partial charge in [-0.25, -0.2) is 4.98 Å². The quantitative estimate of drug-likeness (QED) is 0.813. The number of amides is 2. The summed E-state index contributed by atoms with van der Waals surface area (Å²) in [7, 11) is 1.86. The molecule has 27 heavy (non-hydrogen) atoms. The molecule has 1 aliphatic rings. The average molecular weight is 391 g/mol. The van der Waals surface area contributed by atoms with Crippen molar-refractivity contribution in [3.63, 3.8) is 0 Å². The minimum absolute atomic E-state index is 0.0773. The molecule has 8 heteroatoms. The molecule has 0 unspecified atom stereocenters. The summed E-state index contributed by atoms with van der Waals surface area (Å²) >= 11 is 1.52. The maximum absolute atomic E-state index is 12.8. The Labute approximate surface area is 163 Å². The van der Waals surface area contributed by atoms with Gasteiger partial charge in [-0.15, -0.1) is 11.3 Å². The zero-order chi connectivity index (χ0) is 19.6. The number of hydrogen-bond acceptors (Lipinski definition) is 5. The van der Waals surface area contributed by atoms with E-state index in [4.69, 9.17) is 4.74 Å². The molecule has 0 bridgehead atoms. The van der Waals surface area contributed by atoms with Crippen molar-refractivity contribution in [3.8, 4) is 0 Å². The highest BCUT2D eigenvalue weighted by molar-refractivity contribution is 7.14. The third-order valence-electron chi connectivity index (χ3n) is 5.17. The van der Waals surface area contributed by atoms with Crippen molar-refractivity contribution in [1.29, 1.82) is 0 Å². The molecule has 0 saturated carbocycles. The van der Waals surface area contributed by atoms with Crippen LogP contribution in [0.1, 0.15) is 37.8 Å². The molecule has 2 aromatic rings. The van der Waals surface area contributed by atoms with Crippen LogP contribution in [0.25, 0.3) is 0 Å². The van der Waals surface area contributed by atoms with Gasteiger partial charge in [-0.05, 0) is 38.3 Å². The van der Waals surface area contributed by atoms with E-state index < -0.39 is 0 Å². The van der Waals surface area contributed by atoms with Gasteiger partial charge >= 0.3 is 0 Å². The molecule has 1 aliphatic heterocycles. The Kier molecular flexibility index (Phi) is 5.96. The molecule has 1 fully saturated rings. The zero-order valence-corrected chi connectivity index (χ0v) is 17.0. The lowest BCUT2D eigenvalue weighted by Gasteiger charge is -2.32. The van der Waals surface area contributed by atoms with Crippen LogP contribution in [0.4, 0.5) is 0 Å². The zero-order valence-electron chi connectivity index (χ0n) is 16.2. The maximum Gasteiger partial charge on any atom is 0.261 e. The smallest absolute Gasteiger partial charge is 0.261 e. The van der Waals surface area contributed by atoms with E-state index in [1.807, 2.05) is 32.4 Å². The number of aromatic nitrogens is 2. The molecule has 2 aromatic heterocycles. The van der Waals surface area contributed by atoms with E-state index in [0.717, 1.165) is 26.6 Å². The average Bonchev–Trinajstić information content (AvgIpc) is 3.14. The van der Waals surface area contributed by atoms with Gasteiger partial charge in [0.25, 0.3) is 5.91 Å². The minimum Gasteiger partial charge on any atom is -0.379 e. The number of ether oxygens (including phenoxy) is 1. The van der Waals surface area contributed by atoms with Crippen molar-refractivity contribution in [3.05, 3.63) is 39.1 Å². The lowest BCUT2D eigenvalue weighted by atomic mass is 10.0. The molecule has 2 N–H and O–H groups in total. The van der Waals surface area contributed by atoms with Crippen LogP contribution in [0.5, 0.6) is 0 Å². The van der Waals surface area contributed by atoms with Gasteiger partial charge in [-0.3, -0.25) is 9.59 Å². The number of rotatable bonds is 5. The summed E-state index contributed by atoms with van der Waals surface area (Å²) < 4.78 is 7.35. The molecule has 7 nitrogen and oxygen atoms in total. The Morgan fingerprint density at radius 2 is 2.04 bits per heavy atom. The van der Waals surface area contributed by atoms with Gasteiger partial charge in [-0.1, -0.05) is 0 Å². The molecular formula is C19H26N4O3S. The number of thiophene rings is 1. The number of hydrogen-bond donors (Lipinski definition) is 2. The standard InChI is InChI=1S/C19H26N4O3S/c1-11-12(2)18(27-13(11)3)19(25)22-15-5-6-26-9-16(15)21-17(24)7-14-8-20-10-23(14)4/h8,10,15-16H,5-7,9H2,1-4H3,(H,21,24)(H,22,25)/t15-,16+/m1/s1. The van der Waals surface area contributed by atoms with Crippen LogP contribution < -0.4 is 10.6 Å². The first-order valence-corrected chi connectivity index (χ1v) is 9.88. The highest BCUT2D eigenvalue weighted by Crippen LogP contribution is 2.26. The molecule has 146 valence electrons. The lowest BCUT2D eigenvalue weighted by Crippen LogP contribution is -2.56. The van der Waals surface area contributed by atoms with E-state index in [1.54, 1.807) is 12.5 Å². The predicted octanol–water partition coefficient (Wildman–Crippen LogP) is 1.65. The van der Waals surface area contributed by atoms with Crippen LogP contribution in [0, 0.1) is 20.8 Å². The van der Waals surface area contributed by atoms with Gasteiger partial charge in [0.15, 0.2) is 0 Å². The second-order valence-corrected chi connectivity index (χ2v) is 8.25. The van der Waals surface area contributed by atoms with Gasteiger partial charge in [-0.2, -0.15) is 0 Å². The monoisotopic (exact) mass is 390 g/mol. The number of imidazole rings is 1. The molecule has 0 radical (unpaired) electrons. The van der Waals surface area contributed by atoms with Crippen LogP contribution in [-0.4, -0.2) is 46.7 Å². The highest BCUT2D eigenvalue weighted by atomic mass is 32.1. The van der Waals surface area contributed by atoms with Crippen LogP contribution in [0.15, 0.2) is 12.5 Å². The van der Waals surface area contributed by atoms with Crippen LogP contribution in [-0.2, 0) is 23.0 Å². The van der Waals surface area contributed by atoms with Crippen molar-refractivity contribution in [2.24, 2.45) is 7.05 Å². The summed E-state index contributed by atoms with van der Waals surface area (Å²) in [6.45, 7) is 7.00. The van der Waals surface area contributed by atoms with E-state index >= 15 is 0 Å². The second-order valence-electron chi connectivity index (χ2n) is 7.03. The van der Waals surface area contributed by atoms with Gasteiger partial charge < -0.3 is 19.9 Å². The first-order chi connectivity index (χ1) is 12.9. The molecule has 0 aromatic carbocycles. The topological polar surface area (TPSA) is 85.2 Å². The van der Waals surface area contributed by atoms with Gasteiger partial charge in [0.1, 0.15) is 0 Å². The van der Waals surface area contributed by atoms with Crippen molar-refractivity contribution in [2.75, 3.05) is 13.2 Å². The molecule has 1 saturated heterocycles. The fourth-order valence-corrected chi connectivity index (χ4v) is 4.29. The van der Waals surface area contributed by atoms with Gasteiger partial charge in [0.2, 0.25) is 5.91 Å². The second kappa shape index (κ2) is 8.22. The normalized spacial score (nSPS) is 19.7. The van der Waals surface area contributed by atoms with E-state index in [9.17, 15) is 9.59 Å². The van der Waals surface area contributed by atoms with E-state index in [-0.39, 0.29) is 30.3 Å². The molecule has 2 atom stereocenters. The van der Waals surface area contributed by atoms with Crippen molar-refractivity contribution < 1.29 is 14.3 Å². The van der Waals surface area contributed by atoms with Gasteiger partial charge in [0.05, 0.1) is 36.3 Å². The summed E-state index contributed by atoms with van der Waals surface area (Å²) in [5, 5.41) is 6.11. The van der Waals surface area contributed by atoms with Crippen molar-refractivity contribution in [2.45, 2.75) is 45.7 Å². The van der Waals surface area contributed by atoms with Crippen LogP contribution in [0.2, 0.25) is 0 Å². The number of aryl methyl sites for hydroxylation is 2. The van der Waals surface area contributed by atoms with E-state index in [1.165, 1.54) is 11.3 Å². The summed E-state index contributed by atoms with van der Waals surface area (Å²) in [6.07, 6.45) is 4.27. The van der Waals surface area contributed by atoms with Crippen LogP contribution in [0.3, 0.4) is 0 Å². The number of carbonyl (C=O) groups excluding carboxylic acids is 2. The van der Waals surface area contributed by atoms with E-state index in [2.05, 4.69) is 15.6 Å². The molecule has 2 amide bonds. The largest absolute Gasteiger partial charge is 0.379 e.